The summed E-state index contributed by atoms with van der Waals surface area (Å²) in [5.74, 6) is -0.178. The van der Waals surface area contributed by atoms with Crippen molar-refractivity contribution in [2.75, 3.05) is 18.4 Å². The van der Waals surface area contributed by atoms with E-state index in [1.165, 1.54) is 0 Å². The number of likely N-dealkylation sites (tertiary alicyclic amines) is 1. The van der Waals surface area contributed by atoms with Gasteiger partial charge in [0.2, 0.25) is 0 Å². The van der Waals surface area contributed by atoms with Gasteiger partial charge >= 0.3 is 0 Å². The summed E-state index contributed by atoms with van der Waals surface area (Å²) in [5, 5.41) is 2.83. The Bertz CT molecular complexity index is 719. The normalized spacial score (nSPS) is 16.7. The minimum Gasteiger partial charge on any atom is -0.337 e. The van der Waals surface area contributed by atoms with Crippen molar-refractivity contribution >= 4 is 29.9 Å². The second-order valence-corrected chi connectivity index (χ2v) is 6.05. The molecule has 2 aromatic carbocycles. The largest absolute Gasteiger partial charge is 0.337 e. The molecule has 6 heteroatoms. The molecule has 1 heterocycles. The maximum atomic E-state index is 12.5. The first-order valence-electron chi connectivity index (χ1n) is 8.15. The van der Waals surface area contributed by atoms with Gasteiger partial charge in [0.25, 0.3) is 11.8 Å². The topological polar surface area (TPSA) is 75.4 Å². The van der Waals surface area contributed by atoms with Gasteiger partial charge in [-0.05, 0) is 49.2 Å². The van der Waals surface area contributed by atoms with Gasteiger partial charge in [-0.15, -0.1) is 12.4 Å². The third-order valence-electron chi connectivity index (χ3n) is 4.17. The fourth-order valence-electron chi connectivity index (χ4n) is 2.87. The number of anilines is 1. The molecule has 0 radical (unpaired) electrons. The number of nitrogens with two attached hydrogens (primary N) is 1. The van der Waals surface area contributed by atoms with E-state index in [-0.39, 0.29) is 30.3 Å². The molecule has 5 nitrogen and oxygen atoms in total. The standard InChI is InChI=1S/C19H21N3O2.ClH/c20-16-7-4-12-22(13-16)19(24)15-8-10-17(11-9-15)21-18(23)14-5-2-1-3-6-14;/h1-3,5-6,8-11,16H,4,7,12-13,20H2,(H,21,23);1H. The third-order valence-corrected chi connectivity index (χ3v) is 4.17. The van der Waals surface area contributed by atoms with Gasteiger partial charge in [-0.2, -0.15) is 0 Å². The predicted molar refractivity (Wildman–Crippen MR) is 101 cm³/mol. The zero-order valence-electron chi connectivity index (χ0n) is 13.9. The lowest BCUT2D eigenvalue weighted by Gasteiger charge is -2.30. The summed E-state index contributed by atoms with van der Waals surface area (Å²) >= 11 is 0. The number of halogens is 1. The summed E-state index contributed by atoms with van der Waals surface area (Å²) in [5.41, 5.74) is 7.81. The highest BCUT2D eigenvalue weighted by Gasteiger charge is 2.22. The van der Waals surface area contributed by atoms with E-state index >= 15 is 0 Å². The Hall–Kier alpha value is -2.37. The van der Waals surface area contributed by atoms with Crippen molar-refractivity contribution in [1.29, 1.82) is 0 Å². The minimum absolute atomic E-state index is 0. The highest BCUT2D eigenvalue weighted by Crippen LogP contribution is 2.16. The van der Waals surface area contributed by atoms with Gasteiger partial charge in [0, 0.05) is 35.9 Å². The van der Waals surface area contributed by atoms with Crippen LogP contribution >= 0.6 is 12.4 Å². The van der Waals surface area contributed by atoms with Gasteiger partial charge in [0.05, 0.1) is 0 Å². The Balaban J connectivity index is 0.00000225. The number of rotatable bonds is 3. The molecule has 1 aliphatic rings. The average Bonchev–Trinajstić information content (AvgIpc) is 2.62. The number of amides is 2. The van der Waals surface area contributed by atoms with Gasteiger partial charge in [-0.25, -0.2) is 0 Å². The van der Waals surface area contributed by atoms with Crippen molar-refractivity contribution in [3.05, 3.63) is 65.7 Å². The zero-order chi connectivity index (χ0) is 16.9. The molecule has 25 heavy (non-hydrogen) atoms. The number of nitrogens with zero attached hydrogens (tertiary/aromatic N) is 1. The molecule has 0 spiro atoms. The van der Waals surface area contributed by atoms with E-state index < -0.39 is 0 Å². The molecule has 132 valence electrons. The highest BCUT2D eigenvalue weighted by molar-refractivity contribution is 6.04. The minimum atomic E-state index is -0.170. The first kappa shape index (κ1) is 19.0. The fraction of sp³-hybridized carbons (Fsp3) is 0.263. The van der Waals surface area contributed by atoms with Crippen LogP contribution in [0.4, 0.5) is 5.69 Å². The highest BCUT2D eigenvalue weighted by atomic mass is 35.5. The number of benzene rings is 2. The van der Waals surface area contributed by atoms with Crippen LogP contribution in [-0.2, 0) is 0 Å². The molecule has 2 aromatic rings. The van der Waals surface area contributed by atoms with Crippen LogP contribution in [0.25, 0.3) is 0 Å². The van der Waals surface area contributed by atoms with E-state index in [0.717, 1.165) is 19.4 Å². The van der Waals surface area contributed by atoms with Crippen LogP contribution in [0.1, 0.15) is 33.6 Å². The van der Waals surface area contributed by atoms with E-state index in [1.54, 1.807) is 41.3 Å². The van der Waals surface area contributed by atoms with E-state index in [2.05, 4.69) is 5.32 Å². The number of carbonyl (C=O) groups excluding carboxylic acids is 2. The number of piperidine rings is 1. The van der Waals surface area contributed by atoms with Crippen molar-refractivity contribution in [2.45, 2.75) is 18.9 Å². The van der Waals surface area contributed by atoms with Crippen LogP contribution in [0, 0.1) is 0 Å². The fourth-order valence-corrected chi connectivity index (χ4v) is 2.87. The van der Waals surface area contributed by atoms with E-state index in [9.17, 15) is 9.59 Å². The van der Waals surface area contributed by atoms with Crippen LogP contribution < -0.4 is 11.1 Å². The first-order valence-corrected chi connectivity index (χ1v) is 8.15. The summed E-state index contributed by atoms with van der Waals surface area (Å²) in [4.78, 5) is 26.4. The molecule has 3 rings (SSSR count). The molecule has 1 fully saturated rings. The maximum absolute atomic E-state index is 12.5. The molecule has 2 amide bonds. The van der Waals surface area contributed by atoms with Crippen LogP contribution in [0.15, 0.2) is 54.6 Å². The monoisotopic (exact) mass is 359 g/mol. The van der Waals surface area contributed by atoms with Crippen molar-refractivity contribution in [1.82, 2.24) is 4.90 Å². The lowest BCUT2D eigenvalue weighted by molar-refractivity contribution is 0.0708. The van der Waals surface area contributed by atoms with Crippen molar-refractivity contribution in [3.63, 3.8) is 0 Å². The van der Waals surface area contributed by atoms with Gasteiger partial charge < -0.3 is 16.0 Å². The van der Waals surface area contributed by atoms with Crippen LogP contribution in [0.3, 0.4) is 0 Å². The third kappa shape index (κ3) is 4.81. The molecular weight excluding hydrogens is 338 g/mol. The summed E-state index contributed by atoms with van der Waals surface area (Å²) < 4.78 is 0. The van der Waals surface area contributed by atoms with Crippen LogP contribution in [0.2, 0.25) is 0 Å². The second-order valence-electron chi connectivity index (χ2n) is 6.05. The predicted octanol–water partition coefficient (Wildman–Crippen LogP) is 2.92. The number of hydrogen-bond acceptors (Lipinski definition) is 3. The Morgan fingerprint density at radius 3 is 2.32 bits per heavy atom. The van der Waals surface area contributed by atoms with E-state index in [0.29, 0.717) is 23.4 Å². The van der Waals surface area contributed by atoms with Gasteiger partial charge in [0.15, 0.2) is 0 Å². The van der Waals surface area contributed by atoms with Crippen molar-refractivity contribution < 1.29 is 9.59 Å². The zero-order valence-corrected chi connectivity index (χ0v) is 14.7. The summed E-state index contributed by atoms with van der Waals surface area (Å²) in [7, 11) is 0. The molecule has 0 aromatic heterocycles. The molecule has 0 aliphatic carbocycles. The summed E-state index contributed by atoms with van der Waals surface area (Å²) in [6.07, 6.45) is 1.91. The molecule has 1 aliphatic heterocycles. The number of nitrogens with one attached hydrogen (secondary N) is 1. The van der Waals surface area contributed by atoms with E-state index in [1.807, 2.05) is 18.2 Å². The maximum Gasteiger partial charge on any atom is 0.255 e. The lowest BCUT2D eigenvalue weighted by Crippen LogP contribution is -2.45. The van der Waals surface area contributed by atoms with Gasteiger partial charge in [0.1, 0.15) is 0 Å². The number of carbonyl (C=O) groups is 2. The van der Waals surface area contributed by atoms with Crippen molar-refractivity contribution in [3.8, 4) is 0 Å². The summed E-state index contributed by atoms with van der Waals surface area (Å²) in [6, 6.07) is 16.1. The SMILES string of the molecule is Cl.NC1CCCN(C(=O)c2ccc(NC(=O)c3ccccc3)cc2)C1. The molecule has 1 saturated heterocycles. The first-order chi connectivity index (χ1) is 11.6. The Morgan fingerprint density at radius 2 is 1.68 bits per heavy atom. The Morgan fingerprint density at radius 1 is 1.00 bits per heavy atom. The quantitative estimate of drug-likeness (QED) is 0.884. The van der Waals surface area contributed by atoms with E-state index in [4.69, 9.17) is 5.73 Å². The van der Waals surface area contributed by atoms with Gasteiger partial charge in [-0.1, -0.05) is 18.2 Å². The van der Waals surface area contributed by atoms with Crippen LogP contribution in [-0.4, -0.2) is 35.8 Å². The van der Waals surface area contributed by atoms with Crippen molar-refractivity contribution in [2.24, 2.45) is 5.73 Å². The number of hydrogen-bond donors (Lipinski definition) is 2. The Kier molecular flexibility index (Phi) is 6.56. The molecule has 0 bridgehead atoms. The average molecular weight is 360 g/mol. The lowest BCUT2D eigenvalue weighted by atomic mass is 10.1. The second kappa shape index (κ2) is 8.65. The molecule has 1 atom stereocenters. The molecule has 0 saturated carbocycles. The molecule has 3 N–H and O–H groups in total. The van der Waals surface area contributed by atoms with Gasteiger partial charge in [-0.3, -0.25) is 9.59 Å². The Labute approximate surface area is 153 Å². The summed E-state index contributed by atoms with van der Waals surface area (Å²) in [6.45, 7) is 1.35. The molecular formula is C19H22ClN3O2. The smallest absolute Gasteiger partial charge is 0.255 e. The molecule has 1 unspecified atom stereocenters. The van der Waals surface area contributed by atoms with Crippen LogP contribution in [0.5, 0.6) is 0 Å².